The first kappa shape index (κ1) is 20.1. The molecule has 2 amide bonds. The molecule has 2 aliphatic carbocycles. The van der Waals surface area contributed by atoms with Crippen molar-refractivity contribution < 1.29 is 9.53 Å². The van der Waals surface area contributed by atoms with Gasteiger partial charge in [-0.25, -0.2) is 9.78 Å². The summed E-state index contributed by atoms with van der Waals surface area (Å²) >= 11 is 1.55. The van der Waals surface area contributed by atoms with Crippen LogP contribution in [0.3, 0.4) is 0 Å². The van der Waals surface area contributed by atoms with Crippen LogP contribution in [0.15, 0.2) is 5.38 Å². The van der Waals surface area contributed by atoms with Crippen LogP contribution in [-0.4, -0.2) is 59.2 Å². The Morgan fingerprint density at radius 3 is 2.29 bits per heavy atom. The molecule has 0 aromatic carbocycles. The van der Waals surface area contributed by atoms with Crippen molar-refractivity contribution in [1.82, 2.24) is 14.8 Å². The number of carbonyl (C=O) groups is 1. The Morgan fingerprint density at radius 1 is 1.07 bits per heavy atom. The molecule has 4 rings (SSSR count). The molecule has 2 saturated carbocycles. The number of urea groups is 1. The lowest BCUT2D eigenvalue weighted by molar-refractivity contribution is 0.0337. The second-order valence-electron chi connectivity index (χ2n) is 8.45. The van der Waals surface area contributed by atoms with E-state index in [0.717, 1.165) is 69.4 Å². The third-order valence-corrected chi connectivity index (χ3v) is 7.23. The Labute approximate surface area is 172 Å². The Hall–Kier alpha value is -1.18. The molecule has 0 unspecified atom stereocenters. The molecule has 1 saturated heterocycles. The third-order valence-electron chi connectivity index (χ3n) is 6.43. The van der Waals surface area contributed by atoms with E-state index >= 15 is 0 Å². The highest BCUT2D eigenvalue weighted by molar-refractivity contribution is 7.13. The van der Waals surface area contributed by atoms with Crippen LogP contribution in [0.2, 0.25) is 0 Å². The molecule has 3 fully saturated rings. The summed E-state index contributed by atoms with van der Waals surface area (Å²) in [6.07, 6.45) is 12.3. The molecule has 28 heavy (non-hydrogen) atoms. The average molecular weight is 407 g/mol. The molecule has 0 bridgehead atoms. The van der Waals surface area contributed by atoms with Gasteiger partial charge in [0.05, 0.1) is 18.9 Å². The summed E-state index contributed by atoms with van der Waals surface area (Å²) in [7, 11) is 0. The predicted octanol–water partition coefficient (Wildman–Crippen LogP) is 4.47. The smallest absolute Gasteiger partial charge is 0.324 e. The fourth-order valence-corrected chi connectivity index (χ4v) is 5.62. The number of morpholine rings is 1. The van der Waals surface area contributed by atoms with Gasteiger partial charge < -0.3 is 9.64 Å². The summed E-state index contributed by atoms with van der Waals surface area (Å²) in [5.74, 6) is 0. The molecule has 0 atom stereocenters. The third kappa shape index (κ3) is 5.24. The van der Waals surface area contributed by atoms with Gasteiger partial charge in [-0.2, -0.15) is 0 Å². The van der Waals surface area contributed by atoms with E-state index < -0.39 is 0 Å². The highest BCUT2D eigenvalue weighted by Crippen LogP contribution is 2.31. The van der Waals surface area contributed by atoms with E-state index in [4.69, 9.17) is 9.72 Å². The average Bonchev–Trinajstić information content (AvgIpc) is 3.17. The summed E-state index contributed by atoms with van der Waals surface area (Å²) in [5, 5.41) is 5.97. The van der Waals surface area contributed by atoms with Gasteiger partial charge in [0.2, 0.25) is 0 Å². The zero-order valence-corrected chi connectivity index (χ0v) is 17.7. The summed E-state index contributed by atoms with van der Waals surface area (Å²) in [4.78, 5) is 22.5. The molecule has 3 aliphatic rings. The van der Waals surface area contributed by atoms with Crippen LogP contribution in [0.4, 0.5) is 9.93 Å². The first-order chi connectivity index (χ1) is 13.8. The Bertz CT molecular complexity index is 602. The van der Waals surface area contributed by atoms with E-state index in [1.807, 2.05) is 0 Å². The van der Waals surface area contributed by atoms with Gasteiger partial charge in [-0.15, -0.1) is 11.3 Å². The van der Waals surface area contributed by atoms with Gasteiger partial charge in [0.25, 0.3) is 0 Å². The number of thiazole rings is 1. The molecule has 1 aliphatic heterocycles. The highest BCUT2D eigenvalue weighted by Gasteiger charge is 2.32. The largest absolute Gasteiger partial charge is 0.379 e. The van der Waals surface area contributed by atoms with Crippen molar-refractivity contribution in [3.8, 4) is 0 Å². The number of ether oxygens (including phenoxy) is 1. The second kappa shape index (κ2) is 10.0. The van der Waals surface area contributed by atoms with E-state index in [-0.39, 0.29) is 6.03 Å². The maximum absolute atomic E-state index is 13.3. The van der Waals surface area contributed by atoms with Crippen molar-refractivity contribution in [2.75, 3.05) is 31.6 Å². The van der Waals surface area contributed by atoms with Crippen LogP contribution in [0.25, 0.3) is 0 Å². The van der Waals surface area contributed by atoms with Gasteiger partial charge in [0.1, 0.15) is 0 Å². The molecule has 1 aromatic rings. The molecule has 1 aromatic heterocycles. The van der Waals surface area contributed by atoms with Gasteiger partial charge in [-0.05, 0) is 25.7 Å². The SMILES string of the molecule is O=C(Nc1nc(CN2CCOCC2)cs1)N(C1CCCCC1)C1CCCCC1. The fraction of sp³-hybridized carbons (Fsp3) is 0.810. The zero-order chi connectivity index (χ0) is 19.2. The van der Waals surface area contributed by atoms with Crippen molar-refractivity contribution >= 4 is 22.5 Å². The van der Waals surface area contributed by atoms with Crippen LogP contribution >= 0.6 is 11.3 Å². The number of hydrogen-bond acceptors (Lipinski definition) is 5. The van der Waals surface area contributed by atoms with Crippen LogP contribution < -0.4 is 5.32 Å². The fourth-order valence-electron chi connectivity index (χ4n) is 4.93. The minimum Gasteiger partial charge on any atom is -0.379 e. The van der Waals surface area contributed by atoms with Gasteiger partial charge in [0.15, 0.2) is 5.13 Å². The molecular formula is C21H34N4O2S. The standard InChI is InChI=1S/C21H34N4O2S/c26-21(23-20-22-17(16-28-20)15-24-11-13-27-14-12-24)25(18-7-3-1-4-8-18)19-9-5-2-6-10-19/h16,18-19H,1-15H2,(H,22,23,26). The Kier molecular flexibility index (Phi) is 7.20. The number of aromatic nitrogens is 1. The summed E-state index contributed by atoms with van der Waals surface area (Å²) in [6, 6.07) is 0.889. The molecule has 2 heterocycles. The monoisotopic (exact) mass is 406 g/mol. The number of nitrogens with zero attached hydrogens (tertiary/aromatic N) is 3. The second-order valence-corrected chi connectivity index (χ2v) is 9.31. The number of amides is 2. The molecule has 6 nitrogen and oxygen atoms in total. The maximum Gasteiger partial charge on any atom is 0.324 e. The number of hydrogen-bond donors (Lipinski definition) is 1. The highest BCUT2D eigenvalue weighted by atomic mass is 32.1. The van der Waals surface area contributed by atoms with Crippen molar-refractivity contribution in [1.29, 1.82) is 0 Å². The van der Waals surface area contributed by atoms with E-state index in [0.29, 0.717) is 12.1 Å². The summed E-state index contributed by atoms with van der Waals surface area (Å²) in [6.45, 7) is 4.34. The minimum atomic E-state index is 0.0751. The Morgan fingerprint density at radius 2 is 1.68 bits per heavy atom. The van der Waals surface area contributed by atoms with E-state index in [2.05, 4.69) is 20.5 Å². The lowest BCUT2D eigenvalue weighted by Crippen LogP contribution is -2.50. The van der Waals surface area contributed by atoms with Gasteiger partial charge in [-0.1, -0.05) is 38.5 Å². The lowest BCUT2D eigenvalue weighted by Gasteiger charge is -2.41. The quantitative estimate of drug-likeness (QED) is 0.783. The molecule has 156 valence electrons. The maximum atomic E-state index is 13.3. The lowest BCUT2D eigenvalue weighted by atomic mass is 9.89. The number of carbonyl (C=O) groups excluding carboxylic acids is 1. The van der Waals surface area contributed by atoms with Crippen molar-refractivity contribution in [3.63, 3.8) is 0 Å². The number of rotatable bonds is 5. The topological polar surface area (TPSA) is 57.7 Å². The van der Waals surface area contributed by atoms with Crippen molar-refractivity contribution in [2.24, 2.45) is 0 Å². The summed E-state index contributed by atoms with van der Waals surface area (Å²) in [5.41, 5.74) is 1.05. The normalized spacial score (nSPS) is 22.9. The van der Waals surface area contributed by atoms with Crippen molar-refractivity contribution in [2.45, 2.75) is 82.8 Å². The van der Waals surface area contributed by atoms with Crippen LogP contribution in [0.5, 0.6) is 0 Å². The van der Waals surface area contributed by atoms with E-state index in [9.17, 15) is 4.79 Å². The molecule has 7 heteroatoms. The Balaban J connectivity index is 1.39. The molecule has 0 radical (unpaired) electrons. The van der Waals surface area contributed by atoms with Crippen LogP contribution in [-0.2, 0) is 11.3 Å². The first-order valence-electron chi connectivity index (χ1n) is 11.1. The molecule has 0 spiro atoms. The van der Waals surface area contributed by atoms with Gasteiger partial charge in [0, 0.05) is 37.1 Å². The van der Waals surface area contributed by atoms with E-state index in [1.165, 1.54) is 38.5 Å². The first-order valence-corrected chi connectivity index (χ1v) is 12.0. The number of nitrogens with one attached hydrogen (secondary N) is 1. The van der Waals surface area contributed by atoms with Gasteiger partial charge >= 0.3 is 6.03 Å². The van der Waals surface area contributed by atoms with E-state index in [1.54, 1.807) is 11.3 Å². The van der Waals surface area contributed by atoms with Crippen LogP contribution in [0.1, 0.15) is 69.9 Å². The molecule has 1 N–H and O–H groups in total. The van der Waals surface area contributed by atoms with Crippen LogP contribution in [0, 0.1) is 0 Å². The molecular weight excluding hydrogens is 372 g/mol. The van der Waals surface area contributed by atoms with Crippen molar-refractivity contribution in [3.05, 3.63) is 11.1 Å². The number of anilines is 1. The zero-order valence-electron chi connectivity index (χ0n) is 16.9. The predicted molar refractivity (Wildman–Crippen MR) is 113 cm³/mol. The summed E-state index contributed by atoms with van der Waals surface area (Å²) < 4.78 is 5.41. The minimum absolute atomic E-state index is 0.0751. The van der Waals surface area contributed by atoms with Gasteiger partial charge in [-0.3, -0.25) is 10.2 Å².